The summed E-state index contributed by atoms with van der Waals surface area (Å²) in [5.74, 6) is 0.622. The Kier molecular flexibility index (Phi) is 7.77. The second-order valence-corrected chi connectivity index (χ2v) is 15.9. The van der Waals surface area contributed by atoms with Gasteiger partial charge in [-0.2, -0.15) is 0 Å². The summed E-state index contributed by atoms with van der Waals surface area (Å²) in [5, 5.41) is 6.64. The molecule has 0 aliphatic rings. The van der Waals surface area contributed by atoms with Crippen LogP contribution in [0.25, 0.3) is 122 Å². The van der Waals surface area contributed by atoms with Gasteiger partial charge in [0.1, 0.15) is 11.2 Å². The van der Waals surface area contributed by atoms with Crippen molar-refractivity contribution in [3.05, 3.63) is 207 Å². The molecule has 0 radical (unpaired) electrons. The van der Waals surface area contributed by atoms with Gasteiger partial charge in [-0.05, 0) is 72.8 Å². The molecule has 0 N–H and O–H groups in total. The average molecular weight is 807 g/mol. The zero-order chi connectivity index (χ0) is 41.4. The molecule has 294 valence electrons. The lowest BCUT2D eigenvalue weighted by Gasteiger charge is -2.12. The van der Waals surface area contributed by atoms with Gasteiger partial charge in [0.2, 0.25) is 5.95 Å². The van der Waals surface area contributed by atoms with Crippen molar-refractivity contribution < 1.29 is 4.42 Å². The van der Waals surface area contributed by atoms with E-state index in [-0.39, 0.29) is 0 Å². The standard InChI is InChI=1S/C56H34N6O/c1-3-12-35(13-4-1)48-33-49(36-14-5-2-6-15-36)60-56(59-48)62-51-21-10-8-17-41(51)43-30-37(23-26-52(43)62)46-18-11-19-47(58-46)38-22-25-42-40-16-7-9-20-50(40)61(53(42)31-38)39-24-27-54-44(32-39)45-34-57-29-28-55(45)63-54/h1-34H. The van der Waals surface area contributed by atoms with Gasteiger partial charge < -0.3 is 8.98 Å². The number of aromatic nitrogens is 6. The van der Waals surface area contributed by atoms with Gasteiger partial charge in [0.15, 0.2) is 0 Å². The highest BCUT2D eigenvalue weighted by Crippen LogP contribution is 2.39. The molecule has 0 aliphatic heterocycles. The van der Waals surface area contributed by atoms with E-state index < -0.39 is 0 Å². The molecular weight excluding hydrogens is 773 g/mol. The van der Waals surface area contributed by atoms with Gasteiger partial charge in [-0.25, -0.2) is 15.0 Å². The first-order valence-electron chi connectivity index (χ1n) is 21.0. The van der Waals surface area contributed by atoms with Gasteiger partial charge >= 0.3 is 0 Å². The van der Waals surface area contributed by atoms with E-state index in [4.69, 9.17) is 19.4 Å². The molecule has 0 amide bonds. The SMILES string of the molecule is c1ccc(-c2cc(-c3ccccc3)nc(-n3c4ccccc4c4cc(-c5cccc(-c6ccc7c8ccccc8n(-c8ccc9oc%10ccncc%10c9c8)c7c6)n5)ccc43)n2)cc1. The summed E-state index contributed by atoms with van der Waals surface area (Å²) in [5.41, 5.74) is 14.7. The normalized spacial score (nSPS) is 11.8. The molecule has 13 aromatic rings. The predicted molar refractivity (Wildman–Crippen MR) is 255 cm³/mol. The van der Waals surface area contributed by atoms with Crippen molar-refractivity contribution in [2.45, 2.75) is 0 Å². The van der Waals surface area contributed by atoms with Crippen molar-refractivity contribution in [1.29, 1.82) is 0 Å². The summed E-state index contributed by atoms with van der Waals surface area (Å²) in [4.78, 5) is 20.1. The lowest BCUT2D eigenvalue weighted by Crippen LogP contribution is -2.04. The molecule has 0 atom stereocenters. The van der Waals surface area contributed by atoms with Crippen molar-refractivity contribution in [1.82, 2.24) is 29.1 Å². The van der Waals surface area contributed by atoms with Crippen molar-refractivity contribution in [3.63, 3.8) is 0 Å². The predicted octanol–water partition coefficient (Wildman–Crippen LogP) is 14.0. The van der Waals surface area contributed by atoms with E-state index in [2.05, 4.69) is 166 Å². The molecule has 63 heavy (non-hydrogen) atoms. The number of rotatable bonds is 6. The molecule has 0 aliphatic carbocycles. The third-order valence-electron chi connectivity index (χ3n) is 12.3. The van der Waals surface area contributed by atoms with Crippen molar-refractivity contribution in [2.75, 3.05) is 0 Å². The van der Waals surface area contributed by atoms with E-state index >= 15 is 0 Å². The summed E-state index contributed by atoms with van der Waals surface area (Å²) in [7, 11) is 0. The molecule has 13 rings (SSSR count). The van der Waals surface area contributed by atoms with Crippen LogP contribution in [0.5, 0.6) is 0 Å². The number of hydrogen-bond donors (Lipinski definition) is 0. The minimum Gasteiger partial charge on any atom is -0.456 e. The molecule has 6 aromatic heterocycles. The number of nitrogens with zero attached hydrogens (tertiary/aromatic N) is 6. The third-order valence-corrected chi connectivity index (χ3v) is 12.3. The highest BCUT2D eigenvalue weighted by Gasteiger charge is 2.19. The average Bonchev–Trinajstić information content (AvgIpc) is 4.01. The Balaban J connectivity index is 0.937. The van der Waals surface area contributed by atoms with E-state index in [1.807, 2.05) is 48.7 Å². The first kappa shape index (κ1) is 35.1. The van der Waals surface area contributed by atoms with Crippen LogP contribution >= 0.6 is 0 Å². The van der Waals surface area contributed by atoms with Gasteiger partial charge in [0.05, 0.1) is 44.8 Å². The lowest BCUT2D eigenvalue weighted by molar-refractivity contribution is 0.668. The van der Waals surface area contributed by atoms with Gasteiger partial charge in [-0.3, -0.25) is 9.55 Å². The van der Waals surface area contributed by atoms with Crippen molar-refractivity contribution >= 4 is 65.6 Å². The molecule has 7 heteroatoms. The number of benzene rings is 7. The summed E-state index contributed by atoms with van der Waals surface area (Å²) < 4.78 is 10.7. The Morgan fingerprint density at radius 1 is 0.333 bits per heavy atom. The van der Waals surface area contributed by atoms with Gasteiger partial charge in [0.25, 0.3) is 0 Å². The van der Waals surface area contributed by atoms with Crippen molar-refractivity contribution in [2.24, 2.45) is 0 Å². The number of fused-ring (bicyclic) bond motifs is 9. The number of furan rings is 1. The van der Waals surface area contributed by atoms with Crippen LogP contribution in [0.3, 0.4) is 0 Å². The maximum Gasteiger partial charge on any atom is 0.235 e. The smallest absolute Gasteiger partial charge is 0.235 e. The van der Waals surface area contributed by atoms with E-state index in [1.54, 1.807) is 6.20 Å². The molecule has 0 unspecified atom stereocenters. The van der Waals surface area contributed by atoms with Crippen LogP contribution in [-0.2, 0) is 0 Å². The van der Waals surface area contributed by atoms with Gasteiger partial charge in [0, 0.05) is 72.7 Å². The van der Waals surface area contributed by atoms with Crippen LogP contribution < -0.4 is 0 Å². The van der Waals surface area contributed by atoms with Crippen LogP contribution in [-0.4, -0.2) is 29.1 Å². The fourth-order valence-corrected chi connectivity index (χ4v) is 9.31. The van der Waals surface area contributed by atoms with Crippen LogP contribution in [0.1, 0.15) is 0 Å². The molecule has 0 fully saturated rings. The first-order chi connectivity index (χ1) is 31.2. The minimum absolute atomic E-state index is 0.622. The zero-order valence-electron chi connectivity index (χ0n) is 33.7. The van der Waals surface area contributed by atoms with E-state index in [9.17, 15) is 0 Å². The zero-order valence-corrected chi connectivity index (χ0v) is 33.7. The summed E-state index contributed by atoms with van der Waals surface area (Å²) in [6, 6.07) is 67.7. The number of pyridine rings is 2. The number of hydrogen-bond acceptors (Lipinski definition) is 5. The second-order valence-electron chi connectivity index (χ2n) is 15.9. The molecule has 7 nitrogen and oxygen atoms in total. The van der Waals surface area contributed by atoms with Crippen molar-refractivity contribution in [3.8, 4) is 56.7 Å². The quantitative estimate of drug-likeness (QED) is 0.167. The highest BCUT2D eigenvalue weighted by atomic mass is 16.3. The molecule has 6 heterocycles. The molecule has 0 spiro atoms. The summed E-state index contributed by atoms with van der Waals surface area (Å²) in [6.45, 7) is 0. The highest BCUT2D eigenvalue weighted by molar-refractivity contribution is 6.12. The third kappa shape index (κ3) is 5.67. The molecule has 0 bridgehead atoms. The Labute approximate surface area is 360 Å². The monoisotopic (exact) mass is 806 g/mol. The topological polar surface area (TPSA) is 74.6 Å². The maximum absolute atomic E-state index is 6.17. The first-order valence-corrected chi connectivity index (χ1v) is 21.0. The lowest BCUT2D eigenvalue weighted by atomic mass is 10.0. The summed E-state index contributed by atoms with van der Waals surface area (Å²) in [6.07, 6.45) is 3.65. The molecular formula is C56H34N6O. The van der Waals surface area contributed by atoms with Gasteiger partial charge in [-0.1, -0.05) is 121 Å². The Morgan fingerprint density at radius 2 is 0.937 bits per heavy atom. The Hall–Kier alpha value is -8.68. The minimum atomic E-state index is 0.622. The fraction of sp³-hybridized carbons (Fsp3) is 0. The Bertz CT molecular complexity index is 3860. The van der Waals surface area contributed by atoms with E-state index in [1.165, 1.54) is 10.8 Å². The number of para-hydroxylation sites is 2. The van der Waals surface area contributed by atoms with Crippen LogP contribution in [0, 0.1) is 0 Å². The second kappa shape index (κ2) is 13.9. The fourth-order valence-electron chi connectivity index (χ4n) is 9.31. The molecule has 0 saturated carbocycles. The Morgan fingerprint density at radius 3 is 1.68 bits per heavy atom. The van der Waals surface area contributed by atoms with E-state index in [0.717, 1.165) is 105 Å². The molecule has 0 saturated heterocycles. The maximum atomic E-state index is 6.17. The summed E-state index contributed by atoms with van der Waals surface area (Å²) >= 11 is 0. The largest absolute Gasteiger partial charge is 0.456 e. The van der Waals surface area contributed by atoms with Crippen LogP contribution in [0.2, 0.25) is 0 Å². The van der Waals surface area contributed by atoms with E-state index in [0.29, 0.717) is 5.95 Å². The van der Waals surface area contributed by atoms with Gasteiger partial charge in [-0.15, -0.1) is 0 Å². The van der Waals surface area contributed by atoms with Crippen LogP contribution in [0.4, 0.5) is 0 Å². The molecule has 7 aromatic carbocycles. The van der Waals surface area contributed by atoms with Crippen LogP contribution in [0.15, 0.2) is 211 Å².